The highest BCUT2D eigenvalue weighted by molar-refractivity contribution is 6.30. The van der Waals surface area contributed by atoms with Gasteiger partial charge in [0.2, 0.25) is 0 Å². The topological polar surface area (TPSA) is 32.8 Å². The molecule has 1 saturated heterocycles. The molecule has 1 amide bonds. The van der Waals surface area contributed by atoms with Crippen molar-refractivity contribution in [3.8, 4) is 5.75 Å². The Hall–Kier alpha value is -2.53. The number of piperazine rings is 1. The number of hydrogen-bond donors (Lipinski definition) is 0. The Labute approximate surface area is 192 Å². The van der Waals surface area contributed by atoms with Gasteiger partial charge in [-0.05, 0) is 53.6 Å². The van der Waals surface area contributed by atoms with Gasteiger partial charge in [-0.15, -0.1) is 0 Å². The molecule has 0 unspecified atom stereocenters. The Kier molecular flexibility index (Phi) is 7.13. The third-order valence-electron chi connectivity index (χ3n) is 5.36. The fourth-order valence-electron chi connectivity index (χ4n) is 3.65. The van der Waals surface area contributed by atoms with Crippen LogP contribution in [0.2, 0.25) is 10.0 Å². The number of rotatable bonds is 6. The normalized spacial score (nSPS) is 14.5. The van der Waals surface area contributed by atoms with E-state index in [0.717, 1.165) is 49.1 Å². The van der Waals surface area contributed by atoms with E-state index in [1.807, 2.05) is 65.6 Å². The van der Waals surface area contributed by atoms with E-state index in [1.165, 1.54) is 5.56 Å². The van der Waals surface area contributed by atoms with Crippen LogP contribution in [-0.4, -0.2) is 41.9 Å². The van der Waals surface area contributed by atoms with Crippen LogP contribution in [0.25, 0.3) is 0 Å². The second-order valence-electron chi connectivity index (χ2n) is 7.64. The second-order valence-corrected chi connectivity index (χ2v) is 8.51. The molecular weight excluding hydrogens is 431 g/mol. The zero-order chi connectivity index (χ0) is 21.6. The summed E-state index contributed by atoms with van der Waals surface area (Å²) in [6.45, 7) is 4.42. The molecule has 3 aromatic rings. The van der Waals surface area contributed by atoms with Crippen molar-refractivity contribution in [2.75, 3.05) is 26.2 Å². The Morgan fingerprint density at radius 1 is 0.806 bits per heavy atom. The molecule has 0 bridgehead atoms. The molecule has 4 rings (SSSR count). The van der Waals surface area contributed by atoms with E-state index in [1.54, 1.807) is 6.07 Å². The summed E-state index contributed by atoms with van der Waals surface area (Å²) in [7, 11) is 0. The van der Waals surface area contributed by atoms with Crippen LogP contribution in [0.5, 0.6) is 5.75 Å². The Morgan fingerprint density at radius 2 is 1.48 bits per heavy atom. The third-order valence-corrected chi connectivity index (χ3v) is 5.83. The lowest BCUT2D eigenvalue weighted by atomic mass is 10.1. The Bertz CT molecular complexity index is 1030. The van der Waals surface area contributed by atoms with Gasteiger partial charge in [-0.1, -0.05) is 53.5 Å². The molecule has 4 nitrogen and oxygen atoms in total. The Morgan fingerprint density at radius 3 is 2.16 bits per heavy atom. The summed E-state index contributed by atoms with van der Waals surface area (Å²) in [5, 5.41) is 1.40. The fourth-order valence-corrected chi connectivity index (χ4v) is 4.05. The average molecular weight is 455 g/mol. The number of ether oxygens (including phenoxy) is 1. The highest BCUT2D eigenvalue weighted by Gasteiger charge is 2.22. The maximum atomic E-state index is 12.9. The van der Waals surface area contributed by atoms with Crippen molar-refractivity contribution in [1.82, 2.24) is 9.80 Å². The van der Waals surface area contributed by atoms with Gasteiger partial charge >= 0.3 is 0 Å². The molecule has 0 N–H and O–H groups in total. The first-order valence-corrected chi connectivity index (χ1v) is 11.1. The molecule has 0 atom stereocenters. The zero-order valence-electron chi connectivity index (χ0n) is 17.1. The van der Waals surface area contributed by atoms with Crippen molar-refractivity contribution >= 4 is 29.1 Å². The van der Waals surface area contributed by atoms with E-state index in [9.17, 15) is 4.79 Å². The maximum Gasteiger partial charge on any atom is 0.253 e. The molecule has 0 aromatic heterocycles. The van der Waals surface area contributed by atoms with Crippen LogP contribution in [0.1, 0.15) is 21.5 Å². The van der Waals surface area contributed by atoms with Gasteiger partial charge in [-0.3, -0.25) is 9.69 Å². The molecule has 1 fully saturated rings. The molecule has 0 spiro atoms. The fraction of sp³-hybridized carbons (Fsp3) is 0.240. The van der Waals surface area contributed by atoms with Gasteiger partial charge in [0, 0.05) is 48.3 Å². The highest BCUT2D eigenvalue weighted by atomic mass is 35.5. The number of carbonyl (C=O) groups excluding carboxylic acids is 1. The molecule has 0 saturated carbocycles. The van der Waals surface area contributed by atoms with Crippen LogP contribution in [0.4, 0.5) is 0 Å². The van der Waals surface area contributed by atoms with Crippen molar-refractivity contribution < 1.29 is 9.53 Å². The first-order valence-electron chi connectivity index (χ1n) is 10.3. The maximum absolute atomic E-state index is 12.9. The quantitative estimate of drug-likeness (QED) is 0.490. The van der Waals surface area contributed by atoms with Gasteiger partial charge in [0.15, 0.2) is 0 Å². The van der Waals surface area contributed by atoms with Gasteiger partial charge in [0.1, 0.15) is 12.4 Å². The van der Waals surface area contributed by atoms with Crippen LogP contribution in [0.3, 0.4) is 0 Å². The average Bonchev–Trinajstić information content (AvgIpc) is 2.78. The van der Waals surface area contributed by atoms with Crippen LogP contribution in [0, 0.1) is 0 Å². The minimum absolute atomic E-state index is 0.0738. The van der Waals surface area contributed by atoms with E-state index >= 15 is 0 Å². The molecule has 1 aliphatic rings. The highest BCUT2D eigenvalue weighted by Crippen LogP contribution is 2.19. The second kappa shape index (κ2) is 10.2. The predicted molar refractivity (Wildman–Crippen MR) is 125 cm³/mol. The lowest BCUT2D eigenvalue weighted by molar-refractivity contribution is 0.0628. The largest absolute Gasteiger partial charge is 0.489 e. The summed E-state index contributed by atoms with van der Waals surface area (Å²) in [5.41, 5.74) is 2.90. The lowest BCUT2D eigenvalue weighted by Crippen LogP contribution is -2.48. The van der Waals surface area contributed by atoms with Crippen LogP contribution in [-0.2, 0) is 13.2 Å². The summed E-state index contributed by atoms with van der Waals surface area (Å²) in [6, 6.07) is 22.9. The van der Waals surface area contributed by atoms with Crippen molar-refractivity contribution in [1.29, 1.82) is 0 Å². The summed E-state index contributed by atoms with van der Waals surface area (Å²) in [4.78, 5) is 17.2. The molecule has 6 heteroatoms. The van der Waals surface area contributed by atoms with Gasteiger partial charge in [0.05, 0.1) is 0 Å². The molecular formula is C25H24Cl2N2O2. The summed E-state index contributed by atoms with van der Waals surface area (Å²) in [5.74, 6) is 0.799. The predicted octanol–water partition coefficient (Wildman–Crippen LogP) is 5.53. The van der Waals surface area contributed by atoms with Crippen molar-refractivity contribution in [3.05, 3.63) is 99.5 Å². The van der Waals surface area contributed by atoms with E-state index in [-0.39, 0.29) is 5.91 Å². The first kappa shape index (κ1) is 21.7. The minimum atomic E-state index is 0.0738. The number of nitrogens with zero attached hydrogens (tertiary/aromatic N) is 2. The van der Waals surface area contributed by atoms with Gasteiger partial charge in [-0.2, -0.15) is 0 Å². The molecule has 3 aromatic carbocycles. The van der Waals surface area contributed by atoms with Crippen LogP contribution in [0.15, 0.2) is 72.8 Å². The molecule has 31 heavy (non-hydrogen) atoms. The number of carbonyl (C=O) groups is 1. The van der Waals surface area contributed by atoms with E-state index in [2.05, 4.69) is 11.0 Å². The van der Waals surface area contributed by atoms with Crippen molar-refractivity contribution in [2.45, 2.75) is 13.2 Å². The van der Waals surface area contributed by atoms with Crippen molar-refractivity contribution in [3.63, 3.8) is 0 Å². The molecule has 0 aliphatic carbocycles. The minimum Gasteiger partial charge on any atom is -0.489 e. The standard InChI is InChI=1S/C25H24Cl2N2O2/c26-22-4-1-3-20(15-22)17-28-11-13-29(14-12-28)25(30)21-9-7-19(8-10-21)18-31-24-6-2-5-23(27)16-24/h1-10,15-16H,11-14,17-18H2. The molecule has 160 valence electrons. The van der Waals surface area contributed by atoms with Gasteiger partial charge in [-0.25, -0.2) is 0 Å². The van der Waals surface area contributed by atoms with E-state index in [0.29, 0.717) is 17.2 Å². The first-order chi connectivity index (χ1) is 15.1. The summed E-state index contributed by atoms with van der Waals surface area (Å²) >= 11 is 12.1. The number of benzene rings is 3. The summed E-state index contributed by atoms with van der Waals surface area (Å²) < 4.78 is 5.76. The SMILES string of the molecule is O=C(c1ccc(COc2cccc(Cl)c2)cc1)N1CCN(Cc2cccc(Cl)c2)CC1. The number of amides is 1. The third kappa shape index (κ3) is 6.01. The van der Waals surface area contributed by atoms with Crippen LogP contribution >= 0.6 is 23.2 Å². The molecule has 1 heterocycles. The van der Waals surface area contributed by atoms with Gasteiger partial charge in [0.25, 0.3) is 5.91 Å². The summed E-state index contributed by atoms with van der Waals surface area (Å²) in [6.07, 6.45) is 0. The zero-order valence-corrected chi connectivity index (χ0v) is 18.6. The van der Waals surface area contributed by atoms with Crippen molar-refractivity contribution in [2.24, 2.45) is 0 Å². The van der Waals surface area contributed by atoms with Gasteiger partial charge < -0.3 is 9.64 Å². The Balaban J connectivity index is 1.27. The van der Waals surface area contributed by atoms with E-state index < -0.39 is 0 Å². The molecule has 0 radical (unpaired) electrons. The number of hydrogen-bond acceptors (Lipinski definition) is 3. The monoisotopic (exact) mass is 454 g/mol. The smallest absolute Gasteiger partial charge is 0.253 e. The lowest BCUT2D eigenvalue weighted by Gasteiger charge is -2.34. The number of halogens is 2. The molecule has 1 aliphatic heterocycles. The van der Waals surface area contributed by atoms with Crippen LogP contribution < -0.4 is 4.74 Å². The van der Waals surface area contributed by atoms with E-state index in [4.69, 9.17) is 27.9 Å².